The Morgan fingerprint density at radius 2 is 1.38 bits per heavy atom. The highest BCUT2D eigenvalue weighted by Crippen LogP contribution is 2.30. The third-order valence-corrected chi connectivity index (χ3v) is 7.20. The summed E-state index contributed by atoms with van der Waals surface area (Å²) in [7, 11) is 0. The summed E-state index contributed by atoms with van der Waals surface area (Å²) in [6.45, 7) is 4.67. The van der Waals surface area contributed by atoms with Crippen LogP contribution in [0.1, 0.15) is 37.5 Å². The van der Waals surface area contributed by atoms with Gasteiger partial charge in [0.05, 0.1) is 11.4 Å². The number of carbonyl (C=O) groups is 3. The van der Waals surface area contributed by atoms with Gasteiger partial charge in [0.25, 0.3) is 17.7 Å². The van der Waals surface area contributed by atoms with Crippen LogP contribution in [0.5, 0.6) is 0 Å². The van der Waals surface area contributed by atoms with Crippen LogP contribution in [0, 0.1) is 11.6 Å². The van der Waals surface area contributed by atoms with Crippen molar-refractivity contribution in [2.24, 2.45) is 0 Å². The molecule has 3 amide bonds. The van der Waals surface area contributed by atoms with Gasteiger partial charge in [0.1, 0.15) is 11.6 Å². The Labute approximate surface area is 231 Å². The molecule has 0 spiro atoms. The second kappa shape index (κ2) is 12.3. The standard InChI is InChI=1S/C30H31F2N5O3/c31-24-8-5-21(6-9-24)29(39)36-14-2-13-35(17-18-36)27-10-7-23(30(40)37-15-11-33-12-16-37)20-26(27)34-28(38)22-3-1-4-25(32)19-22/h1,3-10,19-20,33H,2,11-18H2,(H,34,38). The highest BCUT2D eigenvalue weighted by molar-refractivity contribution is 6.07. The Kier molecular flexibility index (Phi) is 8.35. The Morgan fingerprint density at radius 3 is 2.12 bits per heavy atom. The van der Waals surface area contributed by atoms with E-state index in [1.54, 1.807) is 21.9 Å². The van der Waals surface area contributed by atoms with Gasteiger partial charge in [-0.05, 0) is 67.1 Å². The first-order valence-electron chi connectivity index (χ1n) is 13.4. The van der Waals surface area contributed by atoms with Crippen LogP contribution in [0.25, 0.3) is 0 Å². The van der Waals surface area contributed by atoms with Crippen LogP contribution in [0.3, 0.4) is 0 Å². The minimum Gasteiger partial charge on any atom is -0.368 e. The molecule has 3 aromatic carbocycles. The molecule has 0 aliphatic carbocycles. The third kappa shape index (κ3) is 6.28. The van der Waals surface area contributed by atoms with Crippen LogP contribution in [0.2, 0.25) is 0 Å². The summed E-state index contributed by atoms with van der Waals surface area (Å²) in [5, 5.41) is 6.12. The largest absolute Gasteiger partial charge is 0.368 e. The summed E-state index contributed by atoms with van der Waals surface area (Å²) in [4.78, 5) is 44.9. The SMILES string of the molecule is O=C(Nc1cc(C(=O)N2CCNCC2)ccc1N1CCCN(C(=O)c2ccc(F)cc2)CC1)c1cccc(F)c1. The van der Waals surface area contributed by atoms with E-state index in [9.17, 15) is 23.2 Å². The smallest absolute Gasteiger partial charge is 0.255 e. The molecule has 0 aromatic heterocycles. The maximum atomic E-state index is 13.8. The fourth-order valence-corrected chi connectivity index (χ4v) is 5.06. The molecule has 2 fully saturated rings. The fraction of sp³-hybridized carbons (Fsp3) is 0.300. The number of anilines is 2. The van der Waals surface area contributed by atoms with E-state index in [4.69, 9.17) is 0 Å². The lowest BCUT2D eigenvalue weighted by Gasteiger charge is -2.29. The van der Waals surface area contributed by atoms with Gasteiger partial charge in [0, 0.05) is 69.0 Å². The molecule has 3 aromatic rings. The number of benzene rings is 3. The minimum absolute atomic E-state index is 0.124. The average molecular weight is 548 g/mol. The van der Waals surface area contributed by atoms with Crippen molar-refractivity contribution in [1.82, 2.24) is 15.1 Å². The average Bonchev–Trinajstić information content (AvgIpc) is 3.23. The monoisotopic (exact) mass is 547 g/mol. The van der Waals surface area contributed by atoms with Gasteiger partial charge in [-0.1, -0.05) is 6.07 Å². The molecular formula is C30H31F2N5O3. The van der Waals surface area contributed by atoms with Gasteiger partial charge in [-0.2, -0.15) is 0 Å². The third-order valence-electron chi connectivity index (χ3n) is 7.20. The number of piperazine rings is 1. The number of nitrogens with one attached hydrogen (secondary N) is 2. The molecule has 0 bridgehead atoms. The second-order valence-corrected chi connectivity index (χ2v) is 9.88. The maximum absolute atomic E-state index is 13.8. The van der Waals surface area contributed by atoms with Crippen LogP contribution >= 0.6 is 0 Å². The molecule has 2 N–H and O–H groups in total. The normalized spacial score (nSPS) is 15.9. The second-order valence-electron chi connectivity index (χ2n) is 9.88. The van der Waals surface area contributed by atoms with Gasteiger partial charge in [0.15, 0.2) is 0 Å². The Morgan fingerprint density at radius 1 is 0.675 bits per heavy atom. The Bertz CT molecular complexity index is 1390. The zero-order chi connectivity index (χ0) is 28.1. The number of hydrogen-bond acceptors (Lipinski definition) is 5. The molecule has 208 valence electrons. The summed E-state index contributed by atoms with van der Waals surface area (Å²) < 4.78 is 27.1. The number of nitrogens with zero attached hydrogens (tertiary/aromatic N) is 3. The van der Waals surface area contributed by atoms with E-state index in [-0.39, 0.29) is 17.4 Å². The van der Waals surface area contributed by atoms with Crippen molar-refractivity contribution in [1.29, 1.82) is 0 Å². The van der Waals surface area contributed by atoms with Crippen LogP contribution in [-0.4, -0.2) is 79.9 Å². The molecule has 10 heteroatoms. The van der Waals surface area contributed by atoms with E-state index in [0.717, 1.165) is 6.07 Å². The molecular weight excluding hydrogens is 516 g/mol. The van der Waals surface area contributed by atoms with Gasteiger partial charge in [-0.25, -0.2) is 8.78 Å². The lowest BCUT2D eigenvalue weighted by atomic mass is 10.1. The van der Waals surface area contributed by atoms with E-state index >= 15 is 0 Å². The highest BCUT2D eigenvalue weighted by atomic mass is 19.1. The van der Waals surface area contributed by atoms with Crippen molar-refractivity contribution in [2.45, 2.75) is 6.42 Å². The number of amides is 3. The van der Waals surface area contributed by atoms with Crippen LogP contribution in [0.4, 0.5) is 20.2 Å². The fourth-order valence-electron chi connectivity index (χ4n) is 5.06. The van der Waals surface area contributed by atoms with Gasteiger partial charge < -0.3 is 25.3 Å². The molecule has 2 heterocycles. The van der Waals surface area contributed by atoms with Gasteiger partial charge in [-0.3, -0.25) is 14.4 Å². The summed E-state index contributed by atoms with van der Waals surface area (Å²) in [6.07, 6.45) is 0.672. The molecule has 40 heavy (non-hydrogen) atoms. The zero-order valence-corrected chi connectivity index (χ0v) is 22.0. The first-order chi connectivity index (χ1) is 19.4. The Hall–Kier alpha value is -4.31. The van der Waals surface area contributed by atoms with E-state index in [1.165, 1.54) is 42.5 Å². The summed E-state index contributed by atoms with van der Waals surface area (Å²) in [5.74, 6) is -1.70. The molecule has 0 saturated carbocycles. The van der Waals surface area contributed by atoms with Gasteiger partial charge >= 0.3 is 0 Å². The predicted molar refractivity (Wildman–Crippen MR) is 149 cm³/mol. The molecule has 5 rings (SSSR count). The molecule has 2 aliphatic rings. The Balaban J connectivity index is 1.39. The van der Waals surface area contributed by atoms with Crippen LogP contribution in [0.15, 0.2) is 66.7 Å². The van der Waals surface area contributed by atoms with Gasteiger partial charge in [0.2, 0.25) is 0 Å². The van der Waals surface area contributed by atoms with Crippen molar-refractivity contribution in [3.05, 3.63) is 95.1 Å². The van der Waals surface area contributed by atoms with Crippen molar-refractivity contribution >= 4 is 29.1 Å². The number of carbonyl (C=O) groups excluding carboxylic acids is 3. The molecule has 2 aliphatic heterocycles. The van der Waals surface area contributed by atoms with Crippen molar-refractivity contribution in [3.8, 4) is 0 Å². The molecule has 0 unspecified atom stereocenters. The molecule has 2 saturated heterocycles. The predicted octanol–water partition coefficient (Wildman–Crippen LogP) is 3.62. The summed E-state index contributed by atoms with van der Waals surface area (Å²) >= 11 is 0. The van der Waals surface area contributed by atoms with Gasteiger partial charge in [-0.15, -0.1) is 0 Å². The molecule has 8 nitrogen and oxygen atoms in total. The molecule has 0 radical (unpaired) electrons. The first-order valence-corrected chi connectivity index (χ1v) is 13.4. The quantitative estimate of drug-likeness (QED) is 0.510. The van der Waals surface area contributed by atoms with Crippen molar-refractivity contribution in [2.75, 3.05) is 62.6 Å². The number of hydrogen-bond donors (Lipinski definition) is 2. The topological polar surface area (TPSA) is 85.0 Å². The molecule has 0 atom stereocenters. The number of rotatable bonds is 5. The lowest BCUT2D eigenvalue weighted by molar-refractivity contribution is 0.0734. The zero-order valence-electron chi connectivity index (χ0n) is 22.0. The van der Waals surface area contributed by atoms with Crippen molar-refractivity contribution in [3.63, 3.8) is 0 Å². The minimum atomic E-state index is -0.519. The first kappa shape index (κ1) is 27.3. The van der Waals surface area contributed by atoms with E-state index in [1.807, 2.05) is 6.07 Å². The van der Waals surface area contributed by atoms with E-state index in [2.05, 4.69) is 15.5 Å². The van der Waals surface area contributed by atoms with E-state index < -0.39 is 17.5 Å². The number of halogens is 2. The highest BCUT2D eigenvalue weighted by Gasteiger charge is 2.24. The van der Waals surface area contributed by atoms with Crippen molar-refractivity contribution < 1.29 is 23.2 Å². The summed E-state index contributed by atoms with van der Waals surface area (Å²) in [6, 6.07) is 16.2. The lowest BCUT2D eigenvalue weighted by Crippen LogP contribution is -2.46. The maximum Gasteiger partial charge on any atom is 0.255 e. The van der Waals surface area contributed by atoms with Crippen LogP contribution < -0.4 is 15.5 Å². The van der Waals surface area contributed by atoms with E-state index in [0.29, 0.717) is 81.3 Å². The summed E-state index contributed by atoms with van der Waals surface area (Å²) in [5.41, 5.74) is 2.18. The van der Waals surface area contributed by atoms with Crippen LogP contribution in [-0.2, 0) is 0 Å².